The average molecular weight is 547 g/mol. The molecular weight excluding hydrogens is 520 g/mol. The van der Waals surface area contributed by atoms with E-state index in [0.717, 1.165) is 0 Å². The highest BCUT2D eigenvalue weighted by atomic mass is 16.9. The first-order chi connectivity index (χ1) is 19.2. The normalized spacial score (nSPS) is 23.8. The minimum absolute atomic E-state index is 0.0729. The molecule has 4 aliphatic heterocycles. The number of fused-ring (bicyclic) bond motifs is 2. The van der Waals surface area contributed by atoms with Gasteiger partial charge in [0.2, 0.25) is 0 Å². The molecule has 0 bridgehead atoms. The van der Waals surface area contributed by atoms with E-state index in [0.29, 0.717) is 22.3 Å². The molecule has 0 amide bonds. The van der Waals surface area contributed by atoms with E-state index in [1.807, 2.05) is 0 Å². The third-order valence-electron chi connectivity index (χ3n) is 7.14. The number of aromatic hydroxyl groups is 2. The number of aliphatic hydroxyl groups excluding tert-OH is 2. The first-order valence-electron chi connectivity index (χ1n) is 12.9. The van der Waals surface area contributed by atoms with Gasteiger partial charge in [-0.25, -0.2) is 0 Å². The first-order valence-corrected chi connectivity index (χ1v) is 12.9. The molecular formula is C30H26O10. The van der Waals surface area contributed by atoms with Crippen LogP contribution in [0.5, 0.6) is 34.5 Å². The summed E-state index contributed by atoms with van der Waals surface area (Å²) < 4.78 is 37.6. The zero-order chi connectivity index (χ0) is 27.8. The van der Waals surface area contributed by atoms with Gasteiger partial charge in [0, 0.05) is 12.2 Å². The molecule has 4 atom stereocenters. The zero-order valence-electron chi connectivity index (χ0n) is 21.5. The summed E-state index contributed by atoms with van der Waals surface area (Å²) in [4.78, 5) is 0. The topological polar surface area (TPSA) is 136 Å². The smallest absolute Gasteiger partial charge is 0.395 e. The van der Waals surface area contributed by atoms with Gasteiger partial charge in [-0.15, -0.1) is 0 Å². The second-order valence-electron chi connectivity index (χ2n) is 10.1. The van der Waals surface area contributed by atoms with Crippen molar-refractivity contribution < 1.29 is 48.8 Å². The van der Waals surface area contributed by atoms with Crippen molar-refractivity contribution in [2.45, 2.75) is 50.2 Å². The van der Waals surface area contributed by atoms with Crippen LogP contribution in [0.4, 0.5) is 0 Å². The van der Waals surface area contributed by atoms with Gasteiger partial charge in [-0.1, -0.05) is 24.3 Å². The number of hydrogen-bond donors (Lipinski definition) is 4. The third-order valence-corrected chi connectivity index (χ3v) is 7.14. The number of hydrogen-bond acceptors (Lipinski definition) is 10. The lowest BCUT2D eigenvalue weighted by atomic mass is 9.95. The van der Waals surface area contributed by atoms with Crippen molar-refractivity contribution in [3.8, 4) is 56.8 Å². The molecule has 0 aromatic heterocycles. The van der Waals surface area contributed by atoms with Crippen LogP contribution in [0.2, 0.25) is 0 Å². The fourth-order valence-corrected chi connectivity index (χ4v) is 5.15. The molecule has 0 fully saturated rings. The van der Waals surface area contributed by atoms with Crippen LogP contribution in [0.15, 0.2) is 72.8 Å². The van der Waals surface area contributed by atoms with E-state index in [1.54, 1.807) is 62.4 Å². The maximum Gasteiger partial charge on any atom is 0.395 e. The Morgan fingerprint density at radius 2 is 0.900 bits per heavy atom. The molecule has 7 rings (SSSR count). The highest BCUT2D eigenvalue weighted by Crippen LogP contribution is 2.64. The Morgan fingerprint density at radius 1 is 0.575 bits per heavy atom. The molecule has 0 radical (unpaired) electrons. The second kappa shape index (κ2) is 8.64. The minimum Gasteiger partial charge on any atom is -0.508 e. The van der Waals surface area contributed by atoms with Gasteiger partial charge in [-0.3, -0.25) is 9.47 Å². The average Bonchev–Trinajstić information content (AvgIpc) is 3.70. The quantitative estimate of drug-likeness (QED) is 0.356. The Hall–Kier alpha value is -4.22. The van der Waals surface area contributed by atoms with E-state index in [4.69, 9.17) is 28.4 Å². The second-order valence-corrected chi connectivity index (χ2v) is 10.1. The highest BCUT2D eigenvalue weighted by Gasteiger charge is 2.55. The van der Waals surface area contributed by atoms with Crippen molar-refractivity contribution in [3.05, 3.63) is 72.8 Å². The molecule has 4 aliphatic rings. The van der Waals surface area contributed by atoms with Crippen molar-refractivity contribution in [1.29, 1.82) is 0 Å². The first kappa shape index (κ1) is 24.8. The van der Waals surface area contributed by atoms with Gasteiger partial charge in [-0.2, -0.15) is 0 Å². The molecule has 3 aromatic rings. The van der Waals surface area contributed by atoms with Gasteiger partial charge in [-0.05, 0) is 61.4 Å². The number of benzene rings is 3. The SMILES string of the molecule is C[C@H](O)[C@H]1C=CC2(Oc3c(c(-c4ccc(O)cc4)c4c(c3-c3ccc(O)cc3)OC3(C=C[C@H]([C@H](C)O)O3)O4)O2)O1. The van der Waals surface area contributed by atoms with Crippen LogP contribution in [0.1, 0.15) is 13.8 Å². The van der Waals surface area contributed by atoms with Crippen LogP contribution in [0.3, 0.4) is 0 Å². The monoisotopic (exact) mass is 546 g/mol. The molecule has 4 N–H and O–H groups in total. The van der Waals surface area contributed by atoms with Gasteiger partial charge in [0.1, 0.15) is 23.7 Å². The lowest BCUT2D eigenvalue weighted by Gasteiger charge is -2.24. The number of phenolic OH excluding ortho intramolecular Hbond substituents is 2. The highest BCUT2D eigenvalue weighted by molar-refractivity contribution is 5.94. The third kappa shape index (κ3) is 3.80. The molecule has 4 heterocycles. The summed E-state index contributed by atoms with van der Waals surface area (Å²) in [6.45, 7) is 3.20. The van der Waals surface area contributed by atoms with Crippen LogP contribution in [0.25, 0.3) is 22.3 Å². The van der Waals surface area contributed by atoms with Crippen LogP contribution >= 0.6 is 0 Å². The minimum atomic E-state index is -1.66. The van der Waals surface area contributed by atoms with Crippen molar-refractivity contribution in [1.82, 2.24) is 0 Å². The Kier molecular flexibility index (Phi) is 5.35. The van der Waals surface area contributed by atoms with Crippen LogP contribution in [-0.4, -0.2) is 56.8 Å². The summed E-state index contributed by atoms with van der Waals surface area (Å²) in [6.07, 6.45) is 3.56. The Bertz CT molecular complexity index is 1380. The van der Waals surface area contributed by atoms with E-state index >= 15 is 0 Å². The summed E-state index contributed by atoms with van der Waals surface area (Å²) >= 11 is 0. The number of phenols is 2. The van der Waals surface area contributed by atoms with Crippen molar-refractivity contribution >= 4 is 0 Å². The molecule has 0 saturated heterocycles. The summed E-state index contributed by atoms with van der Waals surface area (Å²) in [6, 6.07) is 12.9. The van der Waals surface area contributed by atoms with Crippen LogP contribution < -0.4 is 18.9 Å². The molecule has 10 heteroatoms. The van der Waals surface area contributed by atoms with Gasteiger partial charge in [0.15, 0.2) is 23.0 Å². The molecule has 3 aromatic carbocycles. The summed E-state index contributed by atoms with van der Waals surface area (Å²) in [5, 5.41) is 40.2. The van der Waals surface area contributed by atoms with E-state index < -0.39 is 36.4 Å². The Balaban J connectivity index is 1.45. The predicted molar refractivity (Wildman–Crippen MR) is 140 cm³/mol. The molecule has 0 unspecified atom stereocenters. The van der Waals surface area contributed by atoms with Gasteiger partial charge < -0.3 is 39.4 Å². The summed E-state index contributed by atoms with van der Waals surface area (Å²) in [5.41, 5.74) is 2.14. The maximum absolute atomic E-state index is 10.1. The molecule has 40 heavy (non-hydrogen) atoms. The fourth-order valence-electron chi connectivity index (χ4n) is 5.15. The number of rotatable bonds is 4. The van der Waals surface area contributed by atoms with Crippen molar-refractivity contribution in [2.24, 2.45) is 0 Å². The molecule has 206 valence electrons. The van der Waals surface area contributed by atoms with E-state index in [2.05, 4.69) is 0 Å². The zero-order valence-corrected chi connectivity index (χ0v) is 21.5. The van der Waals surface area contributed by atoms with E-state index in [9.17, 15) is 20.4 Å². The number of ether oxygens (including phenoxy) is 6. The largest absolute Gasteiger partial charge is 0.508 e. The molecule has 2 spiro atoms. The molecule has 10 nitrogen and oxygen atoms in total. The fraction of sp³-hybridized carbons (Fsp3) is 0.267. The van der Waals surface area contributed by atoms with Crippen molar-refractivity contribution in [3.63, 3.8) is 0 Å². The Morgan fingerprint density at radius 3 is 1.18 bits per heavy atom. The molecule has 0 saturated carbocycles. The van der Waals surface area contributed by atoms with Gasteiger partial charge >= 0.3 is 11.9 Å². The summed E-state index contributed by atoms with van der Waals surface area (Å²) in [5.74, 6) is -2.07. The Labute approximate surface area is 228 Å². The van der Waals surface area contributed by atoms with Gasteiger partial charge in [0.05, 0.1) is 23.3 Å². The maximum atomic E-state index is 10.1. The molecule has 0 aliphatic carbocycles. The summed E-state index contributed by atoms with van der Waals surface area (Å²) in [7, 11) is 0. The lowest BCUT2D eigenvalue weighted by molar-refractivity contribution is -0.260. The predicted octanol–water partition coefficient (Wildman–Crippen LogP) is 3.95. The number of aliphatic hydroxyl groups is 2. The lowest BCUT2D eigenvalue weighted by Crippen LogP contribution is -2.41. The standard InChI is InChI=1S/C30H26O10/c1-15(31)21-11-13-29(35-21)37-25-23(17-3-7-19(33)8-4-17)27-28(40-30(39-27)14-12-22(36-30)16(2)32)24(26(25)38-29)18-5-9-20(34)10-6-18/h3-16,21-22,31-34H,1-2H3/t15-,16-,21+,22+,29?,30?/m0/s1. The van der Waals surface area contributed by atoms with E-state index in [1.165, 1.54) is 24.3 Å². The van der Waals surface area contributed by atoms with Gasteiger partial charge in [0.25, 0.3) is 0 Å². The van der Waals surface area contributed by atoms with E-state index in [-0.39, 0.29) is 34.5 Å². The van der Waals surface area contributed by atoms with Crippen LogP contribution in [0, 0.1) is 0 Å². The van der Waals surface area contributed by atoms with Crippen LogP contribution in [-0.2, 0) is 9.47 Å². The van der Waals surface area contributed by atoms with Crippen molar-refractivity contribution in [2.75, 3.05) is 0 Å².